The number of nitrogens with zero attached hydrogens (tertiary/aromatic N) is 1. The first-order valence-corrected chi connectivity index (χ1v) is 9.91. The molecule has 0 saturated heterocycles. The average Bonchev–Trinajstić information content (AvgIpc) is 2.75. The number of ether oxygens (including phenoxy) is 2. The van der Waals surface area contributed by atoms with Gasteiger partial charge in [-0.05, 0) is 43.2 Å². The van der Waals surface area contributed by atoms with Crippen LogP contribution in [-0.2, 0) is 16.1 Å². The van der Waals surface area contributed by atoms with Gasteiger partial charge >= 0.3 is 0 Å². The Kier molecular flexibility index (Phi) is 8.80. The molecule has 29 heavy (non-hydrogen) atoms. The van der Waals surface area contributed by atoms with E-state index < -0.39 is 6.04 Å². The number of amides is 2. The van der Waals surface area contributed by atoms with Crippen LogP contribution in [0.4, 0.5) is 0 Å². The van der Waals surface area contributed by atoms with Gasteiger partial charge in [0.05, 0.1) is 7.11 Å². The lowest BCUT2D eigenvalue weighted by atomic mass is 10.1. The maximum atomic E-state index is 13.0. The Hall–Kier alpha value is -2.73. The lowest BCUT2D eigenvalue weighted by Gasteiger charge is -2.28. The fraction of sp³-hybridized carbons (Fsp3) is 0.364. The van der Waals surface area contributed by atoms with Crippen LogP contribution in [0, 0.1) is 0 Å². The highest BCUT2D eigenvalue weighted by atomic mass is 35.5. The summed E-state index contributed by atoms with van der Waals surface area (Å²) < 4.78 is 10.9. The highest BCUT2D eigenvalue weighted by molar-refractivity contribution is 6.30. The van der Waals surface area contributed by atoms with Crippen molar-refractivity contribution in [3.05, 3.63) is 59.1 Å². The van der Waals surface area contributed by atoms with E-state index in [1.165, 1.54) is 12.0 Å². The number of hydrogen-bond donors (Lipinski definition) is 1. The van der Waals surface area contributed by atoms with Crippen molar-refractivity contribution in [1.29, 1.82) is 0 Å². The number of carbonyl (C=O) groups excluding carboxylic acids is 2. The van der Waals surface area contributed by atoms with Gasteiger partial charge in [0.1, 0.15) is 6.04 Å². The standard InChI is InChI=1S/C22H27ClN2O4/c1-4-13-24-22(27)16(2)25(14-17-9-11-18(23)12-10-17)21(26)15-29-20-8-6-5-7-19(20)28-3/h5-12,16H,4,13-15H2,1-3H3,(H,24,27). The summed E-state index contributed by atoms with van der Waals surface area (Å²) in [5, 5.41) is 3.45. The molecule has 2 aromatic rings. The van der Waals surface area contributed by atoms with Gasteiger partial charge in [0.2, 0.25) is 5.91 Å². The third kappa shape index (κ3) is 6.68. The second kappa shape index (κ2) is 11.3. The summed E-state index contributed by atoms with van der Waals surface area (Å²) in [5.41, 5.74) is 0.871. The predicted molar refractivity (Wildman–Crippen MR) is 113 cm³/mol. The topological polar surface area (TPSA) is 67.9 Å². The Morgan fingerprint density at radius 2 is 1.76 bits per heavy atom. The van der Waals surface area contributed by atoms with Gasteiger partial charge in [-0.2, -0.15) is 0 Å². The monoisotopic (exact) mass is 418 g/mol. The smallest absolute Gasteiger partial charge is 0.261 e. The molecule has 156 valence electrons. The molecule has 0 saturated carbocycles. The number of carbonyl (C=O) groups is 2. The zero-order valence-electron chi connectivity index (χ0n) is 17.0. The molecule has 0 fully saturated rings. The van der Waals surface area contributed by atoms with E-state index in [0.717, 1.165) is 12.0 Å². The summed E-state index contributed by atoms with van der Waals surface area (Å²) in [5.74, 6) is 0.507. The number of halogens is 1. The molecule has 7 heteroatoms. The molecular formula is C22H27ClN2O4. The third-order valence-corrected chi connectivity index (χ3v) is 4.65. The molecule has 1 atom stereocenters. The zero-order valence-corrected chi connectivity index (χ0v) is 17.7. The van der Waals surface area contributed by atoms with Crippen molar-refractivity contribution >= 4 is 23.4 Å². The molecule has 6 nitrogen and oxygen atoms in total. The van der Waals surface area contributed by atoms with Crippen molar-refractivity contribution in [3.8, 4) is 11.5 Å². The fourth-order valence-corrected chi connectivity index (χ4v) is 2.85. The van der Waals surface area contributed by atoms with Crippen LogP contribution in [0.3, 0.4) is 0 Å². The number of nitrogens with one attached hydrogen (secondary N) is 1. The largest absolute Gasteiger partial charge is 0.493 e. The van der Waals surface area contributed by atoms with E-state index in [2.05, 4.69) is 5.32 Å². The van der Waals surface area contributed by atoms with Crippen molar-refractivity contribution < 1.29 is 19.1 Å². The molecule has 2 rings (SSSR count). The Balaban J connectivity index is 2.14. The van der Waals surface area contributed by atoms with Crippen LogP contribution in [0.5, 0.6) is 11.5 Å². The molecule has 0 aliphatic carbocycles. The normalized spacial score (nSPS) is 11.4. The lowest BCUT2D eigenvalue weighted by Crippen LogP contribution is -2.49. The first-order valence-electron chi connectivity index (χ1n) is 9.53. The molecule has 0 aliphatic heterocycles. The van der Waals surface area contributed by atoms with Gasteiger partial charge in [-0.1, -0.05) is 42.8 Å². The molecule has 0 heterocycles. The summed E-state index contributed by atoms with van der Waals surface area (Å²) in [6, 6.07) is 13.6. The van der Waals surface area contributed by atoms with E-state index in [9.17, 15) is 9.59 Å². The van der Waals surface area contributed by atoms with Crippen LogP contribution in [0.1, 0.15) is 25.8 Å². The molecular weight excluding hydrogens is 392 g/mol. The van der Waals surface area contributed by atoms with Gasteiger partial charge in [-0.3, -0.25) is 9.59 Å². The molecule has 0 bridgehead atoms. The van der Waals surface area contributed by atoms with E-state index in [-0.39, 0.29) is 25.0 Å². The average molecular weight is 419 g/mol. The van der Waals surface area contributed by atoms with Crippen molar-refractivity contribution in [2.24, 2.45) is 0 Å². The maximum Gasteiger partial charge on any atom is 0.261 e. The zero-order chi connectivity index (χ0) is 21.2. The minimum absolute atomic E-state index is 0.202. The van der Waals surface area contributed by atoms with E-state index in [0.29, 0.717) is 23.1 Å². The second-order valence-electron chi connectivity index (χ2n) is 6.55. The molecule has 0 radical (unpaired) electrons. The quantitative estimate of drug-likeness (QED) is 0.639. The van der Waals surface area contributed by atoms with Crippen LogP contribution in [0.2, 0.25) is 5.02 Å². The number of benzene rings is 2. The Morgan fingerprint density at radius 3 is 2.38 bits per heavy atom. The Morgan fingerprint density at radius 1 is 1.10 bits per heavy atom. The Bertz CT molecular complexity index is 811. The maximum absolute atomic E-state index is 13.0. The summed E-state index contributed by atoms with van der Waals surface area (Å²) in [7, 11) is 1.54. The summed E-state index contributed by atoms with van der Waals surface area (Å²) >= 11 is 5.95. The fourth-order valence-electron chi connectivity index (χ4n) is 2.73. The molecule has 0 aliphatic rings. The number of rotatable bonds is 10. The molecule has 1 unspecified atom stereocenters. The van der Waals surface area contributed by atoms with E-state index in [1.54, 1.807) is 37.3 Å². The van der Waals surface area contributed by atoms with E-state index in [4.69, 9.17) is 21.1 Å². The highest BCUT2D eigenvalue weighted by Crippen LogP contribution is 2.26. The summed E-state index contributed by atoms with van der Waals surface area (Å²) in [6.45, 7) is 4.31. The first-order chi connectivity index (χ1) is 14.0. The van der Waals surface area contributed by atoms with Crippen molar-refractivity contribution in [1.82, 2.24) is 10.2 Å². The molecule has 1 N–H and O–H groups in total. The second-order valence-corrected chi connectivity index (χ2v) is 6.99. The first kappa shape index (κ1) is 22.6. The molecule has 0 aromatic heterocycles. The molecule has 0 spiro atoms. The molecule has 2 aromatic carbocycles. The van der Waals surface area contributed by atoms with Crippen LogP contribution >= 0.6 is 11.6 Å². The van der Waals surface area contributed by atoms with Crippen molar-refractivity contribution in [2.45, 2.75) is 32.9 Å². The number of methoxy groups -OCH3 is 1. The molecule has 2 amide bonds. The van der Waals surface area contributed by atoms with Gasteiger partial charge in [0.25, 0.3) is 5.91 Å². The lowest BCUT2D eigenvalue weighted by molar-refractivity contribution is -0.142. The Labute approximate surface area is 176 Å². The minimum atomic E-state index is -0.647. The SMILES string of the molecule is CCCNC(=O)C(C)N(Cc1ccc(Cl)cc1)C(=O)COc1ccccc1OC. The van der Waals surface area contributed by atoms with Crippen LogP contribution in [0.15, 0.2) is 48.5 Å². The summed E-state index contributed by atoms with van der Waals surface area (Å²) in [6.07, 6.45) is 0.820. The predicted octanol–water partition coefficient (Wildman–Crippen LogP) is 3.67. The van der Waals surface area contributed by atoms with Crippen LogP contribution < -0.4 is 14.8 Å². The third-order valence-electron chi connectivity index (χ3n) is 4.40. The van der Waals surface area contributed by atoms with Crippen LogP contribution in [0.25, 0.3) is 0 Å². The van der Waals surface area contributed by atoms with E-state index in [1.807, 2.05) is 25.1 Å². The summed E-state index contributed by atoms with van der Waals surface area (Å²) in [4.78, 5) is 26.9. The van der Waals surface area contributed by atoms with Gasteiger partial charge < -0.3 is 19.7 Å². The van der Waals surface area contributed by atoms with Gasteiger partial charge in [0.15, 0.2) is 18.1 Å². The van der Waals surface area contributed by atoms with Gasteiger partial charge in [-0.25, -0.2) is 0 Å². The number of hydrogen-bond acceptors (Lipinski definition) is 4. The highest BCUT2D eigenvalue weighted by Gasteiger charge is 2.26. The van der Waals surface area contributed by atoms with Crippen molar-refractivity contribution in [2.75, 3.05) is 20.3 Å². The van der Waals surface area contributed by atoms with Crippen molar-refractivity contribution in [3.63, 3.8) is 0 Å². The van der Waals surface area contributed by atoms with Gasteiger partial charge in [-0.15, -0.1) is 0 Å². The minimum Gasteiger partial charge on any atom is -0.493 e. The number of para-hydroxylation sites is 2. The van der Waals surface area contributed by atoms with Gasteiger partial charge in [0, 0.05) is 18.1 Å². The van der Waals surface area contributed by atoms with Crippen LogP contribution in [-0.4, -0.2) is 43.0 Å². The van der Waals surface area contributed by atoms with E-state index >= 15 is 0 Å².